The molecule has 0 aliphatic carbocycles. The summed E-state index contributed by atoms with van der Waals surface area (Å²) < 4.78 is 0. The van der Waals surface area contributed by atoms with E-state index in [9.17, 15) is 10.1 Å². The zero-order valence-corrected chi connectivity index (χ0v) is 17.4. The second kappa shape index (κ2) is 10.2. The number of hydrogen-bond acceptors (Lipinski definition) is 10. The number of aromatic nitrogens is 4. The molecule has 1 aliphatic rings. The number of nitro benzene ring substituents is 1. The van der Waals surface area contributed by atoms with E-state index < -0.39 is 4.92 Å². The van der Waals surface area contributed by atoms with Crippen LogP contribution in [0.15, 0.2) is 53.9 Å². The smallest absolute Gasteiger partial charge is 0.269 e. The average Bonchev–Trinajstić information content (AvgIpc) is 3.10. The number of pyridine rings is 1. The lowest BCUT2D eigenvalue weighted by Crippen LogP contribution is -2.26. The molecular formula is C21H23N9O2. The molecule has 0 atom stereocenters. The number of benzene rings is 1. The van der Waals surface area contributed by atoms with Gasteiger partial charge < -0.3 is 10.2 Å². The molecule has 0 spiro atoms. The van der Waals surface area contributed by atoms with Crippen molar-refractivity contribution >= 4 is 35.4 Å². The molecular weight excluding hydrogens is 410 g/mol. The lowest BCUT2D eigenvalue weighted by molar-refractivity contribution is -0.384. The molecule has 32 heavy (non-hydrogen) atoms. The van der Waals surface area contributed by atoms with E-state index in [-0.39, 0.29) is 5.69 Å². The standard InChI is InChI=1S/C21H23N9O2/c31-30(32)18-7-5-17(6-8-18)24-19-25-20(28-23-15-16-9-11-22-12-10-16)27-21(26-19)29-13-3-1-2-4-14-29/h5-12,15H,1-4,13-14H2,(H2,24,25,26,27,28)/b23-15+. The van der Waals surface area contributed by atoms with Gasteiger partial charge in [-0.1, -0.05) is 12.8 Å². The summed E-state index contributed by atoms with van der Waals surface area (Å²) in [5.74, 6) is 1.19. The van der Waals surface area contributed by atoms with Crippen LogP contribution >= 0.6 is 0 Å². The maximum absolute atomic E-state index is 10.9. The number of nitrogens with one attached hydrogen (secondary N) is 2. The van der Waals surface area contributed by atoms with Crippen molar-refractivity contribution in [2.45, 2.75) is 25.7 Å². The van der Waals surface area contributed by atoms with Gasteiger partial charge in [0.2, 0.25) is 17.8 Å². The van der Waals surface area contributed by atoms with Crippen LogP contribution in [0.2, 0.25) is 0 Å². The Hall–Kier alpha value is -4.15. The largest absolute Gasteiger partial charge is 0.341 e. The maximum Gasteiger partial charge on any atom is 0.269 e. The summed E-state index contributed by atoms with van der Waals surface area (Å²) in [6.45, 7) is 1.75. The molecule has 11 nitrogen and oxygen atoms in total. The van der Waals surface area contributed by atoms with Crippen molar-refractivity contribution in [1.29, 1.82) is 0 Å². The highest BCUT2D eigenvalue weighted by molar-refractivity contribution is 5.79. The lowest BCUT2D eigenvalue weighted by atomic mass is 10.2. The van der Waals surface area contributed by atoms with E-state index in [0.717, 1.165) is 31.5 Å². The van der Waals surface area contributed by atoms with Crippen LogP contribution in [0.25, 0.3) is 0 Å². The summed E-state index contributed by atoms with van der Waals surface area (Å²) >= 11 is 0. The van der Waals surface area contributed by atoms with E-state index in [4.69, 9.17) is 0 Å². The predicted molar refractivity (Wildman–Crippen MR) is 122 cm³/mol. The fraction of sp³-hybridized carbons (Fsp3) is 0.286. The molecule has 11 heteroatoms. The van der Waals surface area contributed by atoms with E-state index in [1.54, 1.807) is 30.7 Å². The van der Waals surface area contributed by atoms with Crippen molar-refractivity contribution in [2.75, 3.05) is 28.7 Å². The number of rotatable bonds is 7. The normalized spacial score (nSPS) is 14.2. The fourth-order valence-electron chi connectivity index (χ4n) is 3.29. The summed E-state index contributed by atoms with van der Waals surface area (Å²) in [5.41, 5.74) is 4.41. The lowest BCUT2D eigenvalue weighted by Gasteiger charge is -2.21. The second-order valence-electron chi connectivity index (χ2n) is 7.26. The Morgan fingerprint density at radius 2 is 1.62 bits per heavy atom. The molecule has 4 rings (SSSR count). The van der Waals surface area contributed by atoms with Gasteiger partial charge in [-0.25, -0.2) is 5.43 Å². The Morgan fingerprint density at radius 1 is 0.938 bits per heavy atom. The number of nitro groups is 1. The molecule has 3 heterocycles. The Balaban J connectivity index is 1.57. The SMILES string of the molecule is O=[N+]([O-])c1ccc(Nc2nc(N/N=C/c3ccncc3)nc(N3CCCCCC3)n2)cc1. The highest BCUT2D eigenvalue weighted by atomic mass is 16.6. The molecule has 0 unspecified atom stereocenters. The molecule has 0 amide bonds. The van der Waals surface area contributed by atoms with Crippen molar-refractivity contribution in [3.05, 3.63) is 64.5 Å². The number of nitrogens with zero attached hydrogens (tertiary/aromatic N) is 7. The van der Waals surface area contributed by atoms with Gasteiger partial charge >= 0.3 is 0 Å². The van der Waals surface area contributed by atoms with Gasteiger partial charge in [-0.15, -0.1) is 0 Å². The molecule has 2 N–H and O–H groups in total. The monoisotopic (exact) mass is 433 g/mol. The van der Waals surface area contributed by atoms with Gasteiger partial charge in [0.15, 0.2) is 0 Å². The molecule has 1 saturated heterocycles. The van der Waals surface area contributed by atoms with Crippen LogP contribution < -0.4 is 15.6 Å². The van der Waals surface area contributed by atoms with Crippen LogP contribution in [0.5, 0.6) is 0 Å². The van der Waals surface area contributed by atoms with Crippen molar-refractivity contribution < 1.29 is 4.92 Å². The van der Waals surface area contributed by atoms with Crippen molar-refractivity contribution in [2.24, 2.45) is 5.10 Å². The molecule has 0 bridgehead atoms. The van der Waals surface area contributed by atoms with Gasteiger partial charge in [0, 0.05) is 43.3 Å². The van der Waals surface area contributed by atoms with Crippen LogP contribution in [0, 0.1) is 10.1 Å². The molecule has 2 aromatic heterocycles. The quantitative estimate of drug-likeness (QED) is 0.324. The van der Waals surface area contributed by atoms with E-state index in [1.807, 2.05) is 12.1 Å². The Kier molecular flexibility index (Phi) is 6.75. The molecule has 0 saturated carbocycles. The third kappa shape index (κ3) is 5.72. The van der Waals surface area contributed by atoms with Gasteiger partial charge in [0.25, 0.3) is 5.69 Å². The second-order valence-corrected chi connectivity index (χ2v) is 7.26. The van der Waals surface area contributed by atoms with Crippen LogP contribution in [0.1, 0.15) is 31.2 Å². The summed E-state index contributed by atoms with van der Waals surface area (Å²) in [6.07, 6.45) is 9.58. The number of hydrazone groups is 1. The Labute approximate surface area is 184 Å². The van der Waals surface area contributed by atoms with E-state index in [1.165, 1.54) is 25.0 Å². The molecule has 164 valence electrons. The number of non-ortho nitro benzene ring substituents is 1. The van der Waals surface area contributed by atoms with Gasteiger partial charge in [-0.3, -0.25) is 15.1 Å². The summed E-state index contributed by atoms with van der Waals surface area (Å²) in [7, 11) is 0. The third-order valence-corrected chi connectivity index (χ3v) is 4.93. The first-order valence-corrected chi connectivity index (χ1v) is 10.4. The van der Waals surface area contributed by atoms with Crippen LogP contribution in [0.3, 0.4) is 0 Å². The van der Waals surface area contributed by atoms with Crippen LogP contribution in [-0.2, 0) is 0 Å². The molecule has 1 fully saturated rings. The van der Waals surface area contributed by atoms with Crippen LogP contribution in [-0.4, -0.2) is 44.2 Å². The molecule has 1 aromatic carbocycles. The zero-order chi connectivity index (χ0) is 22.2. The minimum absolute atomic E-state index is 0.0178. The Bertz CT molecular complexity index is 1070. The minimum atomic E-state index is -0.438. The van der Waals surface area contributed by atoms with Crippen molar-refractivity contribution in [1.82, 2.24) is 19.9 Å². The third-order valence-electron chi connectivity index (χ3n) is 4.93. The van der Waals surface area contributed by atoms with E-state index in [2.05, 4.69) is 40.7 Å². The summed E-state index contributed by atoms with van der Waals surface area (Å²) in [4.78, 5) is 30.1. The number of hydrogen-bond donors (Lipinski definition) is 2. The molecule has 0 radical (unpaired) electrons. The van der Waals surface area contributed by atoms with Crippen LogP contribution in [0.4, 0.5) is 29.2 Å². The first kappa shape index (κ1) is 21.1. The van der Waals surface area contributed by atoms with E-state index in [0.29, 0.717) is 23.5 Å². The first-order chi connectivity index (χ1) is 15.7. The van der Waals surface area contributed by atoms with Gasteiger partial charge in [-0.2, -0.15) is 20.1 Å². The average molecular weight is 433 g/mol. The molecule has 1 aliphatic heterocycles. The highest BCUT2D eigenvalue weighted by Crippen LogP contribution is 2.22. The van der Waals surface area contributed by atoms with Crippen molar-refractivity contribution in [3.63, 3.8) is 0 Å². The zero-order valence-electron chi connectivity index (χ0n) is 17.4. The minimum Gasteiger partial charge on any atom is -0.341 e. The first-order valence-electron chi connectivity index (χ1n) is 10.4. The summed E-state index contributed by atoms with van der Waals surface area (Å²) in [6, 6.07) is 9.75. The van der Waals surface area contributed by atoms with Crippen molar-refractivity contribution in [3.8, 4) is 0 Å². The molecule has 3 aromatic rings. The number of anilines is 4. The van der Waals surface area contributed by atoms with E-state index >= 15 is 0 Å². The predicted octanol–water partition coefficient (Wildman–Crippen LogP) is 3.74. The van der Waals surface area contributed by atoms with Gasteiger partial charge in [0.1, 0.15) is 0 Å². The topological polar surface area (TPSA) is 134 Å². The van der Waals surface area contributed by atoms with Gasteiger partial charge in [0.05, 0.1) is 11.1 Å². The Morgan fingerprint density at radius 3 is 2.31 bits per heavy atom. The highest BCUT2D eigenvalue weighted by Gasteiger charge is 2.16. The summed E-state index contributed by atoms with van der Waals surface area (Å²) in [5, 5.41) is 18.2. The maximum atomic E-state index is 10.9. The fourth-order valence-corrected chi connectivity index (χ4v) is 3.29. The van der Waals surface area contributed by atoms with Gasteiger partial charge in [-0.05, 0) is 42.7 Å².